The Balaban J connectivity index is 1.36. The lowest BCUT2D eigenvalue weighted by Gasteiger charge is -2.12. The second-order valence-corrected chi connectivity index (χ2v) is 8.23. The number of pyridine rings is 2. The number of hydrogen-bond donors (Lipinski definition) is 1. The van der Waals surface area contributed by atoms with E-state index in [2.05, 4.69) is 14.6 Å². The first-order valence-electron chi connectivity index (χ1n) is 9.76. The molecule has 10 heteroatoms. The van der Waals surface area contributed by atoms with E-state index in [1.54, 1.807) is 35.5 Å². The van der Waals surface area contributed by atoms with E-state index >= 15 is 0 Å². The first kappa shape index (κ1) is 21.9. The molecule has 4 aromatic rings. The van der Waals surface area contributed by atoms with Crippen molar-refractivity contribution in [2.45, 2.75) is 19.9 Å². The van der Waals surface area contributed by atoms with Crippen molar-refractivity contribution in [2.75, 3.05) is 0 Å². The Kier molecular flexibility index (Phi) is 6.72. The molecule has 0 radical (unpaired) electrons. The van der Waals surface area contributed by atoms with Gasteiger partial charge in [-0.1, -0.05) is 36.4 Å². The molecule has 3 aromatic heterocycles. The Morgan fingerprint density at radius 1 is 1.03 bits per heavy atom. The zero-order valence-corrected chi connectivity index (χ0v) is 17.9. The van der Waals surface area contributed by atoms with Gasteiger partial charge in [0.05, 0.1) is 12.7 Å². The van der Waals surface area contributed by atoms with Gasteiger partial charge in [0, 0.05) is 35.7 Å². The van der Waals surface area contributed by atoms with Crippen LogP contribution in [0.25, 0.3) is 11.1 Å². The van der Waals surface area contributed by atoms with Crippen LogP contribution < -0.4 is 14.2 Å². The van der Waals surface area contributed by atoms with Gasteiger partial charge in [0.1, 0.15) is 6.61 Å². The molecule has 0 aliphatic heterocycles. The first-order valence-corrected chi connectivity index (χ1v) is 11.3. The summed E-state index contributed by atoms with van der Waals surface area (Å²) >= 11 is 0. The minimum absolute atomic E-state index is 0.316. The van der Waals surface area contributed by atoms with Crippen LogP contribution in [0.15, 0.2) is 85.6 Å². The maximum Gasteiger partial charge on any atom is 0.270 e. The summed E-state index contributed by atoms with van der Waals surface area (Å²) < 4.78 is 24.2. The predicted octanol–water partition coefficient (Wildman–Crippen LogP) is 2.29. The molecule has 0 fully saturated rings. The number of phosphoric ester groups is 1. The molecule has 4 rings (SSSR count). The van der Waals surface area contributed by atoms with E-state index in [1.165, 1.54) is 4.57 Å². The van der Waals surface area contributed by atoms with Crippen molar-refractivity contribution in [1.82, 2.24) is 14.8 Å². The number of rotatable bonds is 9. The number of nitrogens with zero attached hydrogens (tertiary/aromatic N) is 4. The molecule has 0 aliphatic rings. The van der Waals surface area contributed by atoms with Crippen LogP contribution >= 0.6 is 7.82 Å². The van der Waals surface area contributed by atoms with Crippen LogP contribution in [0.4, 0.5) is 0 Å². The third kappa shape index (κ3) is 6.32. The van der Waals surface area contributed by atoms with Crippen molar-refractivity contribution in [3.63, 3.8) is 0 Å². The Morgan fingerprint density at radius 3 is 2.62 bits per heavy atom. The zero-order chi connectivity index (χ0) is 22.4. The summed E-state index contributed by atoms with van der Waals surface area (Å²) in [6.07, 6.45) is 8.69. The first-order chi connectivity index (χ1) is 15.4. The highest BCUT2D eigenvalue weighted by Gasteiger charge is 2.11. The van der Waals surface area contributed by atoms with Crippen LogP contribution in [-0.4, -0.2) is 19.7 Å². The van der Waals surface area contributed by atoms with Crippen molar-refractivity contribution >= 4 is 7.82 Å². The molecule has 0 spiro atoms. The van der Waals surface area contributed by atoms with Gasteiger partial charge in [-0.25, -0.2) is 4.98 Å². The average Bonchev–Trinajstić information content (AvgIpc) is 3.26. The number of hydrogen-bond acceptors (Lipinski definition) is 6. The van der Waals surface area contributed by atoms with Crippen molar-refractivity contribution in [1.29, 1.82) is 0 Å². The third-order valence-corrected chi connectivity index (χ3v) is 5.01. The van der Waals surface area contributed by atoms with Crippen molar-refractivity contribution < 1.29 is 28.2 Å². The van der Waals surface area contributed by atoms with Crippen LogP contribution in [0.5, 0.6) is 5.88 Å². The van der Waals surface area contributed by atoms with Gasteiger partial charge in [0.2, 0.25) is 5.88 Å². The molecule has 32 heavy (non-hydrogen) atoms. The lowest BCUT2D eigenvalue weighted by Crippen LogP contribution is -2.34. The van der Waals surface area contributed by atoms with Crippen LogP contribution in [0.1, 0.15) is 11.1 Å². The second kappa shape index (κ2) is 9.84. The Morgan fingerprint density at radius 2 is 1.88 bits per heavy atom. The lowest BCUT2D eigenvalue weighted by atomic mass is 10.2. The van der Waals surface area contributed by atoms with E-state index in [4.69, 9.17) is 9.63 Å². The molecule has 0 saturated heterocycles. The van der Waals surface area contributed by atoms with Gasteiger partial charge in [0.15, 0.2) is 12.4 Å². The largest absolute Gasteiger partial charge is 0.756 e. The highest BCUT2D eigenvalue weighted by Crippen LogP contribution is 2.29. The number of aromatic nitrogens is 4. The SMILES string of the molecule is O=P([O-])(O)OC[n+]1cccc(-c2cnn(Cc3ccc(OCc4ccccc4)nc3)c2)c1. The molecule has 1 atom stereocenters. The number of phosphoric acid groups is 1. The molecule has 0 saturated carbocycles. The van der Waals surface area contributed by atoms with E-state index in [9.17, 15) is 9.46 Å². The van der Waals surface area contributed by atoms with Crippen LogP contribution in [0, 0.1) is 0 Å². The van der Waals surface area contributed by atoms with Gasteiger partial charge in [0.25, 0.3) is 14.6 Å². The standard InChI is InChI=1S/C22H21N4O5P/c27-32(28,29)31-17-25-10-4-7-20(14-25)21-12-24-26(15-21)13-19-8-9-22(23-11-19)30-16-18-5-2-1-3-6-18/h1-12,14-15H,13,16-17H2,(H-,27,28,29). The van der Waals surface area contributed by atoms with Gasteiger partial charge in [-0.05, 0) is 17.2 Å². The molecular weight excluding hydrogens is 431 g/mol. The fraction of sp³-hybridized carbons (Fsp3) is 0.136. The monoisotopic (exact) mass is 452 g/mol. The Bertz CT molecular complexity index is 1210. The average molecular weight is 452 g/mol. The summed E-state index contributed by atoms with van der Waals surface area (Å²) in [4.78, 5) is 23.9. The molecule has 3 heterocycles. The molecule has 0 bridgehead atoms. The fourth-order valence-corrected chi connectivity index (χ4v) is 3.30. The summed E-state index contributed by atoms with van der Waals surface area (Å²) in [6.45, 7) is 0.678. The van der Waals surface area contributed by atoms with Crippen molar-refractivity contribution in [3.8, 4) is 17.0 Å². The predicted molar refractivity (Wildman–Crippen MR) is 113 cm³/mol. The van der Waals surface area contributed by atoms with E-state index in [0.717, 1.165) is 22.3 Å². The molecule has 1 unspecified atom stereocenters. The van der Waals surface area contributed by atoms with Gasteiger partial charge >= 0.3 is 0 Å². The molecule has 0 amide bonds. The van der Waals surface area contributed by atoms with Crippen molar-refractivity contribution in [2.24, 2.45) is 0 Å². The summed E-state index contributed by atoms with van der Waals surface area (Å²) in [5.41, 5.74) is 3.72. The quantitative estimate of drug-likeness (QED) is 0.306. The molecule has 0 aliphatic carbocycles. The van der Waals surface area contributed by atoms with Gasteiger partial charge < -0.3 is 14.5 Å². The Labute approximate surface area is 184 Å². The van der Waals surface area contributed by atoms with E-state index in [-0.39, 0.29) is 6.73 Å². The summed E-state index contributed by atoms with van der Waals surface area (Å²) in [6, 6.07) is 17.3. The third-order valence-electron chi connectivity index (χ3n) is 4.57. The van der Waals surface area contributed by atoms with Gasteiger partial charge in [-0.15, -0.1) is 0 Å². The lowest BCUT2D eigenvalue weighted by molar-refractivity contribution is -0.726. The maximum absolute atomic E-state index is 10.8. The normalized spacial score (nSPS) is 12.9. The van der Waals surface area contributed by atoms with E-state index in [0.29, 0.717) is 19.0 Å². The minimum Gasteiger partial charge on any atom is -0.756 e. The molecule has 1 N–H and O–H groups in total. The smallest absolute Gasteiger partial charge is 0.270 e. The van der Waals surface area contributed by atoms with Crippen LogP contribution in [0.3, 0.4) is 0 Å². The molecule has 9 nitrogen and oxygen atoms in total. The molecular formula is C22H21N4O5P. The number of ether oxygens (including phenoxy) is 1. The highest BCUT2D eigenvalue weighted by molar-refractivity contribution is 7.44. The van der Waals surface area contributed by atoms with Crippen molar-refractivity contribution in [3.05, 3.63) is 96.7 Å². The van der Waals surface area contributed by atoms with E-state index in [1.807, 2.05) is 54.7 Å². The molecule has 164 valence electrons. The second-order valence-electron chi connectivity index (χ2n) is 7.04. The fourth-order valence-electron chi connectivity index (χ4n) is 3.02. The summed E-state index contributed by atoms with van der Waals surface area (Å²) in [7, 11) is -4.78. The van der Waals surface area contributed by atoms with Crippen LogP contribution in [-0.2, 0) is 29.0 Å². The molecule has 1 aromatic carbocycles. The van der Waals surface area contributed by atoms with Crippen LogP contribution in [0.2, 0.25) is 0 Å². The van der Waals surface area contributed by atoms with Gasteiger partial charge in [-0.2, -0.15) is 9.67 Å². The zero-order valence-electron chi connectivity index (χ0n) is 17.0. The topological polar surface area (TPSA) is 113 Å². The van der Waals surface area contributed by atoms with E-state index < -0.39 is 7.82 Å². The van der Waals surface area contributed by atoms with Gasteiger partial charge in [-0.3, -0.25) is 13.8 Å². The minimum atomic E-state index is -4.78. The number of benzene rings is 1. The Hall–Kier alpha value is -3.36. The summed E-state index contributed by atoms with van der Waals surface area (Å²) in [5.74, 6) is 0.556. The maximum atomic E-state index is 10.8. The highest BCUT2D eigenvalue weighted by atomic mass is 31.2. The summed E-state index contributed by atoms with van der Waals surface area (Å²) in [5, 5.41) is 4.38.